The zero-order valence-corrected chi connectivity index (χ0v) is 11.6. The topological polar surface area (TPSA) is 0 Å². The molecule has 1 saturated heterocycles. The van der Waals surface area contributed by atoms with Gasteiger partial charge < -0.3 is 0 Å². The van der Waals surface area contributed by atoms with Crippen molar-refractivity contribution in [2.45, 2.75) is 35.3 Å². The van der Waals surface area contributed by atoms with Gasteiger partial charge in [0, 0.05) is 9.65 Å². The third kappa shape index (κ3) is 1.10. The van der Waals surface area contributed by atoms with Crippen molar-refractivity contribution in [3.8, 4) is 0 Å². The molecule has 0 unspecified atom stereocenters. The predicted octanol–water partition coefficient (Wildman–Crippen LogP) is 3.82. The molecule has 0 radical (unpaired) electrons. The fraction of sp³-hybridized carbons (Fsp3) is 1.00. The molecule has 4 atom stereocenters. The Bertz CT molecular complexity index is 221. The quantitative estimate of drug-likeness (QED) is 0.610. The van der Waals surface area contributed by atoms with Gasteiger partial charge in [0.05, 0.1) is 0 Å². The second-order valence-electron chi connectivity index (χ2n) is 4.99. The fourth-order valence-electron chi connectivity index (χ4n) is 3.48. The average molecular weight is 326 g/mol. The molecule has 0 bridgehead atoms. The standard InChI is InChI=1S/C10H14Br2S/c11-7-3-9-1-2-10(9,4-8(7)12)6-13-5-9/h7-8H,1-6H2/t7-,8-,9-,10+/m1/s1. The molecule has 0 aromatic carbocycles. The molecule has 3 aliphatic rings. The molecule has 0 nitrogen and oxygen atoms in total. The van der Waals surface area contributed by atoms with Crippen LogP contribution in [0, 0.1) is 10.8 Å². The molecule has 1 aliphatic heterocycles. The third-order valence-corrected chi connectivity index (χ3v) is 8.67. The van der Waals surface area contributed by atoms with E-state index in [1.807, 2.05) is 0 Å². The second-order valence-corrected chi connectivity index (χ2v) is 8.33. The van der Waals surface area contributed by atoms with Gasteiger partial charge in [-0.25, -0.2) is 0 Å². The first-order valence-electron chi connectivity index (χ1n) is 5.03. The summed E-state index contributed by atoms with van der Waals surface area (Å²) < 4.78 is 0. The minimum absolute atomic E-state index is 0.722. The van der Waals surface area contributed by atoms with Crippen LogP contribution in [0.1, 0.15) is 25.7 Å². The van der Waals surface area contributed by atoms with Gasteiger partial charge in [-0.2, -0.15) is 11.8 Å². The van der Waals surface area contributed by atoms with Crippen LogP contribution in [-0.4, -0.2) is 21.2 Å². The summed E-state index contributed by atoms with van der Waals surface area (Å²) in [5.41, 5.74) is 1.49. The van der Waals surface area contributed by atoms with Crippen LogP contribution in [-0.2, 0) is 0 Å². The van der Waals surface area contributed by atoms with Crippen molar-refractivity contribution in [3.63, 3.8) is 0 Å². The van der Waals surface area contributed by atoms with E-state index in [1.165, 1.54) is 37.2 Å². The van der Waals surface area contributed by atoms with E-state index in [2.05, 4.69) is 43.6 Å². The number of rotatable bonds is 0. The van der Waals surface area contributed by atoms with E-state index < -0.39 is 0 Å². The van der Waals surface area contributed by atoms with Crippen LogP contribution in [0.5, 0.6) is 0 Å². The molecule has 3 fully saturated rings. The van der Waals surface area contributed by atoms with Crippen LogP contribution in [0.25, 0.3) is 0 Å². The van der Waals surface area contributed by atoms with E-state index in [0.717, 1.165) is 20.5 Å². The summed E-state index contributed by atoms with van der Waals surface area (Å²) in [5.74, 6) is 2.88. The van der Waals surface area contributed by atoms with Gasteiger partial charge in [0.2, 0.25) is 0 Å². The Morgan fingerprint density at radius 3 is 1.77 bits per heavy atom. The van der Waals surface area contributed by atoms with E-state index in [-0.39, 0.29) is 0 Å². The summed E-state index contributed by atoms with van der Waals surface area (Å²) in [5, 5.41) is 0. The molecule has 13 heavy (non-hydrogen) atoms. The summed E-state index contributed by atoms with van der Waals surface area (Å²) in [4.78, 5) is 1.44. The highest BCUT2D eigenvalue weighted by molar-refractivity contribution is 9.12. The molecule has 3 heteroatoms. The Kier molecular flexibility index (Phi) is 2.14. The maximum absolute atomic E-state index is 3.83. The Labute approximate surface area is 101 Å². The first kappa shape index (κ1) is 9.53. The second kappa shape index (κ2) is 2.91. The van der Waals surface area contributed by atoms with E-state index in [4.69, 9.17) is 0 Å². The van der Waals surface area contributed by atoms with Crippen molar-refractivity contribution in [1.29, 1.82) is 0 Å². The van der Waals surface area contributed by atoms with Crippen LogP contribution < -0.4 is 0 Å². The lowest BCUT2D eigenvalue weighted by atomic mass is 9.46. The largest absolute Gasteiger partial charge is 0.161 e. The van der Waals surface area contributed by atoms with Gasteiger partial charge in [0.1, 0.15) is 0 Å². The molecule has 0 amide bonds. The van der Waals surface area contributed by atoms with Gasteiger partial charge >= 0.3 is 0 Å². The van der Waals surface area contributed by atoms with E-state index >= 15 is 0 Å². The third-order valence-electron chi connectivity index (χ3n) is 4.53. The van der Waals surface area contributed by atoms with Gasteiger partial charge in [-0.1, -0.05) is 31.9 Å². The summed E-state index contributed by atoms with van der Waals surface area (Å²) in [7, 11) is 0. The van der Waals surface area contributed by atoms with Crippen LogP contribution in [0.3, 0.4) is 0 Å². The lowest BCUT2D eigenvalue weighted by Crippen LogP contribution is -2.57. The summed E-state index contributed by atoms with van der Waals surface area (Å²) >= 11 is 9.86. The molecule has 2 aliphatic carbocycles. The zero-order chi connectivity index (χ0) is 9.10. The minimum atomic E-state index is 0.722. The van der Waals surface area contributed by atoms with Gasteiger partial charge in [-0.15, -0.1) is 0 Å². The van der Waals surface area contributed by atoms with Crippen molar-refractivity contribution in [2.24, 2.45) is 10.8 Å². The number of thioether (sulfide) groups is 1. The highest BCUT2D eigenvalue weighted by atomic mass is 79.9. The highest BCUT2D eigenvalue weighted by Crippen LogP contribution is 2.71. The minimum Gasteiger partial charge on any atom is -0.161 e. The maximum atomic E-state index is 3.83. The number of alkyl halides is 2. The number of hydrogen-bond acceptors (Lipinski definition) is 1. The van der Waals surface area contributed by atoms with Gasteiger partial charge in [-0.3, -0.25) is 0 Å². The smallest absolute Gasteiger partial charge is 0.0277 e. The van der Waals surface area contributed by atoms with E-state index in [0.29, 0.717) is 0 Å². The fourth-order valence-corrected chi connectivity index (χ4v) is 7.12. The normalized spacial score (nSPS) is 59.5. The van der Waals surface area contributed by atoms with Crippen molar-refractivity contribution in [2.75, 3.05) is 11.5 Å². The summed E-state index contributed by atoms with van der Waals surface area (Å²) in [6.07, 6.45) is 5.83. The van der Waals surface area contributed by atoms with Crippen molar-refractivity contribution < 1.29 is 0 Å². The Morgan fingerprint density at radius 1 is 0.923 bits per heavy atom. The molecule has 74 valence electrons. The molecule has 0 spiro atoms. The number of halogens is 2. The summed E-state index contributed by atoms with van der Waals surface area (Å²) in [6, 6.07) is 0. The SMILES string of the molecule is Br[C@@H]1C[C@@]23CC[C@@]2(CSC3)C[C@H]1Br. The van der Waals surface area contributed by atoms with E-state index in [9.17, 15) is 0 Å². The van der Waals surface area contributed by atoms with Crippen LogP contribution in [0.15, 0.2) is 0 Å². The maximum Gasteiger partial charge on any atom is 0.0277 e. The van der Waals surface area contributed by atoms with Crippen molar-refractivity contribution >= 4 is 43.6 Å². The molecule has 0 aromatic rings. The van der Waals surface area contributed by atoms with Crippen LogP contribution >= 0.6 is 43.6 Å². The Morgan fingerprint density at radius 2 is 1.38 bits per heavy atom. The Hall–Kier alpha value is 1.31. The monoisotopic (exact) mass is 324 g/mol. The van der Waals surface area contributed by atoms with Crippen molar-refractivity contribution in [3.05, 3.63) is 0 Å². The lowest BCUT2D eigenvalue weighted by Gasteiger charge is -2.60. The van der Waals surface area contributed by atoms with Gasteiger partial charge in [0.25, 0.3) is 0 Å². The van der Waals surface area contributed by atoms with Crippen molar-refractivity contribution in [1.82, 2.24) is 0 Å². The molecule has 1 heterocycles. The molecule has 3 rings (SSSR count). The van der Waals surface area contributed by atoms with E-state index in [1.54, 1.807) is 0 Å². The van der Waals surface area contributed by atoms with Gasteiger partial charge in [0.15, 0.2) is 0 Å². The molecular weight excluding hydrogens is 312 g/mol. The molecular formula is C10H14Br2S. The molecule has 2 saturated carbocycles. The van der Waals surface area contributed by atoms with Crippen LogP contribution in [0.2, 0.25) is 0 Å². The predicted molar refractivity (Wildman–Crippen MR) is 66.1 cm³/mol. The van der Waals surface area contributed by atoms with Crippen LogP contribution in [0.4, 0.5) is 0 Å². The zero-order valence-electron chi connectivity index (χ0n) is 7.56. The first-order valence-corrected chi connectivity index (χ1v) is 8.02. The average Bonchev–Trinajstić information content (AvgIpc) is 2.33. The Balaban J connectivity index is 1.92. The summed E-state index contributed by atoms with van der Waals surface area (Å²) in [6.45, 7) is 0. The lowest BCUT2D eigenvalue weighted by molar-refractivity contribution is -0.0640. The molecule has 0 aromatic heterocycles. The highest BCUT2D eigenvalue weighted by Gasteiger charge is 2.64. The number of hydrogen-bond donors (Lipinski definition) is 0. The molecule has 0 N–H and O–H groups in total. The van der Waals surface area contributed by atoms with Gasteiger partial charge in [-0.05, 0) is 48.0 Å². The first-order chi connectivity index (χ1) is 6.18.